The molecule has 20 heavy (non-hydrogen) atoms. The Balaban J connectivity index is 2.66. The maximum Gasteiger partial charge on any atom is 0.238 e. The zero-order valence-electron chi connectivity index (χ0n) is 13.1. The van der Waals surface area contributed by atoms with Crippen LogP contribution in [0.15, 0.2) is 24.3 Å². The minimum atomic E-state index is -0.0933. The predicted molar refractivity (Wildman–Crippen MR) is 84.8 cm³/mol. The Morgan fingerprint density at radius 1 is 1.35 bits per heavy atom. The zero-order valence-corrected chi connectivity index (χ0v) is 13.1. The molecule has 0 saturated carbocycles. The van der Waals surface area contributed by atoms with Gasteiger partial charge in [0.25, 0.3) is 0 Å². The Labute approximate surface area is 122 Å². The third-order valence-electron chi connectivity index (χ3n) is 4.19. The molecule has 112 valence electrons. The van der Waals surface area contributed by atoms with Crippen LogP contribution >= 0.6 is 0 Å². The summed E-state index contributed by atoms with van der Waals surface area (Å²) in [5.41, 5.74) is 7.79. The molecule has 0 heterocycles. The van der Waals surface area contributed by atoms with Gasteiger partial charge < -0.3 is 11.1 Å². The number of hydrogen-bond donors (Lipinski definition) is 2. The summed E-state index contributed by atoms with van der Waals surface area (Å²) in [5.74, 6) is -0.00201. The number of hydrogen-bond acceptors (Lipinski definition) is 3. The fraction of sp³-hybridized carbons (Fsp3) is 0.562. The van der Waals surface area contributed by atoms with E-state index in [2.05, 4.69) is 24.1 Å². The monoisotopic (exact) mass is 277 g/mol. The van der Waals surface area contributed by atoms with Crippen LogP contribution in [0.25, 0.3) is 0 Å². The lowest BCUT2D eigenvalue weighted by Gasteiger charge is -2.39. The number of carbonyl (C=O) groups excluding carboxylic acids is 1. The van der Waals surface area contributed by atoms with Crippen molar-refractivity contribution in [1.29, 1.82) is 0 Å². The van der Waals surface area contributed by atoms with Crippen LogP contribution in [0, 0.1) is 6.92 Å². The van der Waals surface area contributed by atoms with Gasteiger partial charge in [0.05, 0.1) is 6.54 Å². The van der Waals surface area contributed by atoms with E-state index >= 15 is 0 Å². The van der Waals surface area contributed by atoms with Crippen LogP contribution in [0.3, 0.4) is 0 Å². The number of nitrogens with two attached hydrogens (primary N) is 1. The summed E-state index contributed by atoms with van der Waals surface area (Å²) in [6.45, 7) is 7.16. The second-order valence-corrected chi connectivity index (χ2v) is 5.41. The van der Waals surface area contributed by atoms with Gasteiger partial charge in [0, 0.05) is 17.8 Å². The molecule has 4 heteroatoms. The van der Waals surface area contributed by atoms with E-state index < -0.39 is 0 Å². The highest BCUT2D eigenvalue weighted by molar-refractivity contribution is 5.92. The van der Waals surface area contributed by atoms with Crippen molar-refractivity contribution in [2.75, 3.05) is 25.5 Å². The molecule has 1 aromatic rings. The van der Waals surface area contributed by atoms with Crippen molar-refractivity contribution in [2.24, 2.45) is 5.73 Å². The van der Waals surface area contributed by atoms with Gasteiger partial charge in [-0.3, -0.25) is 9.69 Å². The molecule has 0 saturated heterocycles. The van der Waals surface area contributed by atoms with Gasteiger partial charge in [-0.2, -0.15) is 0 Å². The van der Waals surface area contributed by atoms with Crippen LogP contribution < -0.4 is 11.1 Å². The first kappa shape index (κ1) is 16.7. The second kappa shape index (κ2) is 7.41. The Hall–Kier alpha value is -1.39. The van der Waals surface area contributed by atoms with E-state index in [0.29, 0.717) is 13.1 Å². The lowest BCUT2D eigenvalue weighted by Crippen LogP contribution is -2.53. The summed E-state index contributed by atoms with van der Waals surface area (Å²) in [4.78, 5) is 14.2. The van der Waals surface area contributed by atoms with Gasteiger partial charge in [-0.1, -0.05) is 26.0 Å². The largest absolute Gasteiger partial charge is 0.329 e. The Kier molecular flexibility index (Phi) is 6.17. The standard InChI is InChI=1S/C16H27N3O/c1-5-16(6-2,12-17)19(4)11-15(20)18-14-9-7-8-13(3)10-14/h7-10H,5-6,11-12,17H2,1-4H3,(H,18,20). The van der Waals surface area contributed by atoms with Crippen molar-refractivity contribution >= 4 is 11.6 Å². The van der Waals surface area contributed by atoms with E-state index in [1.54, 1.807) is 0 Å². The van der Waals surface area contributed by atoms with Crippen LogP contribution in [-0.4, -0.2) is 36.5 Å². The molecule has 0 unspecified atom stereocenters. The van der Waals surface area contributed by atoms with Gasteiger partial charge in [-0.15, -0.1) is 0 Å². The van der Waals surface area contributed by atoms with Crippen molar-refractivity contribution in [3.05, 3.63) is 29.8 Å². The molecule has 0 radical (unpaired) electrons. The van der Waals surface area contributed by atoms with Crippen LogP contribution in [0.1, 0.15) is 32.3 Å². The van der Waals surface area contributed by atoms with Crippen molar-refractivity contribution in [2.45, 2.75) is 39.2 Å². The molecule has 0 fully saturated rings. The zero-order chi connectivity index (χ0) is 15.2. The number of rotatable bonds is 7. The first-order chi connectivity index (χ1) is 9.47. The molecule has 3 N–H and O–H groups in total. The van der Waals surface area contributed by atoms with Crippen LogP contribution in [0.2, 0.25) is 0 Å². The number of nitrogens with one attached hydrogen (secondary N) is 1. The van der Waals surface area contributed by atoms with Crippen LogP contribution in [0.4, 0.5) is 5.69 Å². The number of carbonyl (C=O) groups is 1. The van der Waals surface area contributed by atoms with E-state index in [4.69, 9.17) is 5.73 Å². The molecule has 0 aromatic heterocycles. The molecule has 0 bridgehead atoms. The summed E-state index contributed by atoms with van der Waals surface area (Å²) < 4.78 is 0. The van der Waals surface area contributed by atoms with Gasteiger partial charge in [0.15, 0.2) is 0 Å². The number of benzene rings is 1. The second-order valence-electron chi connectivity index (χ2n) is 5.41. The van der Waals surface area contributed by atoms with E-state index in [9.17, 15) is 4.79 Å². The number of likely N-dealkylation sites (N-methyl/N-ethyl adjacent to an activating group) is 1. The molecule has 0 aliphatic heterocycles. The van der Waals surface area contributed by atoms with Crippen molar-refractivity contribution < 1.29 is 4.79 Å². The molecule has 1 rings (SSSR count). The minimum absolute atomic E-state index is 0.00201. The summed E-state index contributed by atoms with van der Waals surface area (Å²) in [6.07, 6.45) is 1.88. The molecule has 0 atom stereocenters. The van der Waals surface area contributed by atoms with Crippen molar-refractivity contribution in [1.82, 2.24) is 4.90 Å². The molecule has 1 amide bonds. The molecule has 0 aliphatic carbocycles. The number of nitrogens with zero attached hydrogens (tertiary/aromatic N) is 1. The molecular formula is C16H27N3O. The van der Waals surface area contributed by atoms with Gasteiger partial charge in [0.2, 0.25) is 5.91 Å². The van der Waals surface area contributed by atoms with Gasteiger partial charge in [-0.05, 0) is 44.5 Å². The third kappa shape index (κ3) is 4.05. The van der Waals surface area contributed by atoms with Crippen LogP contribution in [0.5, 0.6) is 0 Å². The van der Waals surface area contributed by atoms with Gasteiger partial charge in [-0.25, -0.2) is 0 Å². The van der Waals surface area contributed by atoms with E-state index in [1.165, 1.54) is 0 Å². The minimum Gasteiger partial charge on any atom is -0.329 e. The SMILES string of the molecule is CCC(CC)(CN)N(C)CC(=O)Nc1cccc(C)c1. The highest BCUT2D eigenvalue weighted by Crippen LogP contribution is 2.21. The molecule has 0 aliphatic rings. The molecular weight excluding hydrogens is 250 g/mol. The number of amides is 1. The van der Waals surface area contributed by atoms with E-state index in [0.717, 1.165) is 24.1 Å². The molecule has 4 nitrogen and oxygen atoms in total. The highest BCUT2D eigenvalue weighted by Gasteiger charge is 2.30. The lowest BCUT2D eigenvalue weighted by atomic mass is 9.91. The quantitative estimate of drug-likeness (QED) is 0.804. The molecule has 0 spiro atoms. The third-order valence-corrected chi connectivity index (χ3v) is 4.19. The smallest absolute Gasteiger partial charge is 0.238 e. The first-order valence-corrected chi connectivity index (χ1v) is 7.25. The topological polar surface area (TPSA) is 58.4 Å². The summed E-state index contributed by atoms with van der Waals surface area (Å²) in [6, 6.07) is 7.82. The van der Waals surface area contributed by atoms with E-state index in [-0.39, 0.29) is 11.4 Å². The summed E-state index contributed by atoms with van der Waals surface area (Å²) in [7, 11) is 1.97. The van der Waals surface area contributed by atoms with Crippen molar-refractivity contribution in [3.8, 4) is 0 Å². The predicted octanol–water partition coefficient (Wildman–Crippen LogP) is 2.38. The van der Waals surface area contributed by atoms with Crippen molar-refractivity contribution in [3.63, 3.8) is 0 Å². The lowest BCUT2D eigenvalue weighted by molar-refractivity contribution is -0.118. The maximum absolute atomic E-state index is 12.1. The summed E-state index contributed by atoms with van der Waals surface area (Å²) in [5, 5.41) is 2.94. The average molecular weight is 277 g/mol. The Morgan fingerprint density at radius 2 is 2.00 bits per heavy atom. The summed E-state index contributed by atoms with van der Waals surface area (Å²) >= 11 is 0. The van der Waals surface area contributed by atoms with Crippen LogP contribution in [-0.2, 0) is 4.79 Å². The van der Waals surface area contributed by atoms with Gasteiger partial charge in [0.1, 0.15) is 0 Å². The van der Waals surface area contributed by atoms with Gasteiger partial charge >= 0.3 is 0 Å². The fourth-order valence-electron chi connectivity index (χ4n) is 2.54. The normalized spacial score (nSPS) is 11.7. The van der Waals surface area contributed by atoms with E-state index in [1.807, 2.05) is 38.2 Å². The first-order valence-electron chi connectivity index (χ1n) is 7.25. The average Bonchev–Trinajstić information content (AvgIpc) is 2.41. The fourth-order valence-corrected chi connectivity index (χ4v) is 2.54. The number of anilines is 1. The maximum atomic E-state index is 12.1. The molecule has 1 aromatic carbocycles. The Morgan fingerprint density at radius 3 is 2.50 bits per heavy atom. The highest BCUT2D eigenvalue weighted by atomic mass is 16.2. The number of aryl methyl sites for hydroxylation is 1. The Bertz CT molecular complexity index is 433.